The van der Waals surface area contributed by atoms with Crippen molar-refractivity contribution in [3.8, 4) is 0 Å². The number of alkyl halides is 3. The molecule has 32 heavy (non-hydrogen) atoms. The standard InChI is InChI=1S/C24H27ClF3N3O/c1-5-31-21-12-20(25)17(11-19(21)15(2)13-23(31,3)4)14-29-30-22(32)10-16-7-6-8-18(9-16)24(26,27)28/h6-9,11-12,14-15H,5,10,13H2,1-4H3,(H,30,32)/b29-14+. The molecule has 0 spiro atoms. The Labute approximate surface area is 191 Å². The maximum Gasteiger partial charge on any atom is 0.416 e. The lowest BCUT2D eigenvalue weighted by Gasteiger charge is -2.47. The molecule has 2 aromatic rings. The van der Waals surface area contributed by atoms with Crippen LogP contribution in [0.1, 0.15) is 62.3 Å². The number of hydrazone groups is 1. The fraction of sp³-hybridized carbons (Fsp3) is 0.417. The first-order valence-electron chi connectivity index (χ1n) is 10.5. The number of hydrogen-bond donors (Lipinski definition) is 1. The Kier molecular flexibility index (Phi) is 6.89. The summed E-state index contributed by atoms with van der Waals surface area (Å²) in [5.74, 6) is -0.176. The van der Waals surface area contributed by atoms with Gasteiger partial charge in [-0.3, -0.25) is 4.79 Å². The van der Waals surface area contributed by atoms with E-state index in [1.807, 2.05) is 12.1 Å². The summed E-state index contributed by atoms with van der Waals surface area (Å²) in [6, 6.07) is 8.61. The monoisotopic (exact) mass is 465 g/mol. The van der Waals surface area contributed by atoms with Crippen LogP contribution in [0, 0.1) is 0 Å². The third-order valence-electron chi connectivity index (χ3n) is 5.83. The number of amides is 1. The van der Waals surface area contributed by atoms with E-state index in [1.165, 1.54) is 23.9 Å². The number of halogens is 4. The van der Waals surface area contributed by atoms with Crippen LogP contribution in [0.3, 0.4) is 0 Å². The topological polar surface area (TPSA) is 44.7 Å². The average Bonchev–Trinajstić information content (AvgIpc) is 2.68. The molecule has 0 bridgehead atoms. The van der Waals surface area contributed by atoms with Crippen LogP contribution in [0.15, 0.2) is 41.5 Å². The van der Waals surface area contributed by atoms with Crippen LogP contribution in [0.4, 0.5) is 18.9 Å². The molecule has 0 radical (unpaired) electrons. The summed E-state index contributed by atoms with van der Waals surface area (Å²) >= 11 is 6.49. The zero-order valence-electron chi connectivity index (χ0n) is 18.6. The molecule has 0 saturated carbocycles. The van der Waals surface area contributed by atoms with Gasteiger partial charge in [-0.2, -0.15) is 18.3 Å². The van der Waals surface area contributed by atoms with Gasteiger partial charge in [-0.25, -0.2) is 5.43 Å². The fourth-order valence-corrected chi connectivity index (χ4v) is 4.68. The Bertz CT molecular complexity index is 1030. The molecule has 172 valence electrons. The molecule has 0 aromatic heterocycles. The molecule has 0 saturated heterocycles. The van der Waals surface area contributed by atoms with E-state index in [0.29, 0.717) is 16.5 Å². The number of carbonyl (C=O) groups is 1. The van der Waals surface area contributed by atoms with Crippen molar-refractivity contribution in [1.82, 2.24) is 5.43 Å². The summed E-state index contributed by atoms with van der Waals surface area (Å²) in [4.78, 5) is 14.5. The number of nitrogens with one attached hydrogen (secondary N) is 1. The van der Waals surface area contributed by atoms with Gasteiger partial charge >= 0.3 is 6.18 Å². The van der Waals surface area contributed by atoms with Gasteiger partial charge in [0.05, 0.1) is 23.2 Å². The van der Waals surface area contributed by atoms with Crippen molar-refractivity contribution < 1.29 is 18.0 Å². The molecular weight excluding hydrogens is 439 g/mol. The second-order valence-corrected chi connectivity index (χ2v) is 9.17. The number of benzene rings is 2. The van der Waals surface area contributed by atoms with Crippen LogP contribution < -0.4 is 10.3 Å². The van der Waals surface area contributed by atoms with Gasteiger partial charge in [0.1, 0.15) is 0 Å². The molecule has 8 heteroatoms. The molecule has 1 aliphatic heterocycles. The molecular formula is C24H27ClF3N3O. The number of rotatable bonds is 5. The van der Waals surface area contributed by atoms with Gasteiger partial charge in [-0.15, -0.1) is 0 Å². The van der Waals surface area contributed by atoms with Crippen molar-refractivity contribution in [3.05, 3.63) is 63.7 Å². The highest BCUT2D eigenvalue weighted by Gasteiger charge is 2.36. The summed E-state index contributed by atoms with van der Waals surface area (Å²) in [6.45, 7) is 9.60. The second kappa shape index (κ2) is 9.14. The Hall–Kier alpha value is -2.54. The fourth-order valence-electron chi connectivity index (χ4n) is 4.47. The molecule has 2 aromatic carbocycles. The Morgan fingerprint density at radius 2 is 2.03 bits per heavy atom. The van der Waals surface area contributed by atoms with Crippen LogP contribution in [0.2, 0.25) is 5.02 Å². The van der Waals surface area contributed by atoms with Gasteiger partial charge in [0.25, 0.3) is 0 Å². The first kappa shape index (κ1) is 24.1. The van der Waals surface area contributed by atoms with E-state index < -0.39 is 17.6 Å². The van der Waals surface area contributed by atoms with Gasteiger partial charge in [0.15, 0.2) is 0 Å². The smallest absolute Gasteiger partial charge is 0.366 e. The molecule has 1 amide bonds. The number of anilines is 1. The Balaban J connectivity index is 1.72. The highest BCUT2D eigenvalue weighted by Crippen LogP contribution is 2.44. The normalized spacial score (nSPS) is 18.0. The summed E-state index contributed by atoms with van der Waals surface area (Å²) in [5, 5.41) is 4.48. The van der Waals surface area contributed by atoms with E-state index in [-0.39, 0.29) is 17.5 Å². The summed E-state index contributed by atoms with van der Waals surface area (Å²) in [5.41, 5.74) is 4.82. The molecule has 1 aliphatic rings. The highest BCUT2D eigenvalue weighted by atomic mass is 35.5. The Morgan fingerprint density at radius 1 is 1.31 bits per heavy atom. The molecule has 4 nitrogen and oxygen atoms in total. The van der Waals surface area contributed by atoms with Crippen molar-refractivity contribution in [2.24, 2.45) is 5.10 Å². The number of nitrogens with zero attached hydrogens (tertiary/aromatic N) is 2. The van der Waals surface area contributed by atoms with Gasteiger partial charge in [-0.05, 0) is 62.4 Å². The number of hydrogen-bond acceptors (Lipinski definition) is 3. The highest BCUT2D eigenvalue weighted by molar-refractivity contribution is 6.33. The second-order valence-electron chi connectivity index (χ2n) is 8.76. The van der Waals surface area contributed by atoms with Gasteiger partial charge in [-0.1, -0.05) is 36.7 Å². The van der Waals surface area contributed by atoms with Gasteiger partial charge in [0, 0.05) is 23.3 Å². The van der Waals surface area contributed by atoms with Crippen molar-refractivity contribution in [2.75, 3.05) is 11.4 Å². The molecule has 1 heterocycles. The lowest BCUT2D eigenvalue weighted by molar-refractivity contribution is -0.137. The predicted octanol–water partition coefficient (Wildman–Crippen LogP) is 6.16. The van der Waals surface area contributed by atoms with E-state index in [0.717, 1.165) is 30.8 Å². The van der Waals surface area contributed by atoms with E-state index in [1.54, 1.807) is 0 Å². The minimum Gasteiger partial charge on any atom is -0.366 e. The largest absolute Gasteiger partial charge is 0.416 e. The Morgan fingerprint density at radius 3 is 2.69 bits per heavy atom. The maximum atomic E-state index is 12.8. The molecule has 1 unspecified atom stereocenters. The lowest BCUT2D eigenvalue weighted by Crippen LogP contribution is -2.48. The van der Waals surface area contributed by atoms with E-state index in [2.05, 4.69) is 43.1 Å². The quantitative estimate of drug-likeness (QED) is 0.424. The molecule has 1 N–H and O–H groups in total. The van der Waals surface area contributed by atoms with Crippen LogP contribution >= 0.6 is 11.6 Å². The molecule has 1 atom stereocenters. The zero-order valence-corrected chi connectivity index (χ0v) is 19.3. The average molecular weight is 466 g/mol. The van der Waals surface area contributed by atoms with Crippen LogP contribution in [0.25, 0.3) is 0 Å². The van der Waals surface area contributed by atoms with Crippen LogP contribution in [-0.2, 0) is 17.4 Å². The summed E-state index contributed by atoms with van der Waals surface area (Å²) in [7, 11) is 0. The van der Waals surface area contributed by atoms with Crippen molar-refractivity contribution in [2.45, 2.75) is 58.2 Å². The van der Waals surface area contributed by atoms with Gasteiger partial charge in [0.2, 0.25) is 5.91 Å². The number of fused-ring (bicyclic) bond motifs is 1. The zero-order chi connectivity index (χ0) is 23.7. The predicted molar refractivity (Wildman–Crippen MR) is 122 cm³/mol. The van der Waals surface area contributed by atoms with Gasteiger partial charge < -0.3 is 4.90 Å². The number of carbonyl (C=O) groups excluding carboxylic acids is 1. The minimum absolute atomic E-state index is 0.0253. The molecule has 0 fully saturated rings. The lowest BCUT2D eigenvalue weighted by atomic mass is 9.79. The van der Waals surface area contributed by atoms with E-state index >= 15 is 0 Å². The first-order valence-corrected chi connectivity index (χ1v) is 10.9. The molecule has 0 aliphatic carbocycles. The van der Waals surface area contributed by atoms with Crippen molar-refractivity contribution in [1.29, 1.82) is 0 Å². The van der Waals surface area contributed by atoms with Crippen LogP contribution in [-0.4, -0.2) is 24.2 Å². The third kappa shape index (κ3) is 5.26. The van der Waals surface area contributed by atoms with E-state index in [9.17, 15) is 18.0 Å². The first-order chi connectivity index (χ1) is 14.9. The van der Waals surface area contributed by atoms with Crippen molar-refractivity contribution in [3.63, 3.8) is 0 Å². The van der Waals surface area contributed by atoms with Crippen molar-refractivity contribution >= 4 is 29.4 Å². The third-order valence-corrected chi connectivity index (χ3v) is 6.16. The summed E-state index contributed by atoms with van der Waals surface area (Å²) < 4.78 is 38.5. The summed E-state index contributed by atoms with van der Waals surface area (Å²) in [6.07, 6.45) is -2.19. The minimum atomic E-state index is -4.45. The maximum absolute atomic E-state index is 12.8. The molecule has 3 rings (SSSR count). The SMILES string of the molecule is CCN1c2cc(Cl)c(/C=N/NC(=O)Cc3cccc(C(F)(F)F)c3)cc2C(C)CC1(C)C. The van der Waals surface area contributed by atoms with E-state index in [4.69, 9.17) is 11.6 Å². The van der Waals surface area contributed by atoms with Crippen LogP contribution in [0.5, 0.6) is 0 Å².